The summed E-state index contributed by atoms with van der Waals surface area (Å²) < 4.78 is 39.7. The Labute approximate surface area is 193 Å². The highest BCUT2D eigenvalue weighted by atomic mass is 32.2. The molecule has 1 atom stereocenters. The topological polar surface area (TPSA) is 84.9 Å². The molecular formula is C25H24N2O5S. The number of anilines is 2. The predicted octanol–water partition coefficient (Wildman–Crippen LogP) is 4.24. The van der Waals surface area contributed by atoms with E-state index in [0.29, 0.717) is 42.5 Å². The first-order valence-corrected chi connectivity index (χ1v) is 12.3. The van der Waals surface area contributed by atoms with Crippen molar-refractivity contribution in [1.82, 2.24) is 0 Å². The monoisotopic (exact) mass is 464 g/mol. The molecule has 7 nitrogen and oxygen atoms in total. The fourth-order valence-electron chi connectivity index (χ4n) is 4.26. The summed E-state index contributed by atoms with van der Waals surface area (Å²) in [5.41, 5.74) is 2.48. The maximum atomic E-state index is 13.5. The lowest BCUT2D eigenvalue weighted by Crippen LogP contribution is -2.35. The van der Waals surface area contributed by atoms with Gasteiger partial charge in [-0.15, -0.1) is 0 Å². The number of amides is 1. The van der Waals surface area contributed by atoms with Gasteiger partial charge in [-0.25, -0.2) is 8.42 Å². The summed E-state index contributed by atoms with van der Waals surface area (Å²) in [6, 6.07) is 18.6. The van der Waals surface area contributed by atoms with Gasteiger partial charge in [-0.3, -0.25) is 9.10 Å². The summed E-state index contributed by atoms with van der Waals surface area (Å²) in [5.74, 6) is 0.804. The second kappa shape index (κ2) is 8.44. The van der Waals surface area contributed by atoms with E-state index < -0.39 is 15.9 Å². The maximum absolute atomic E-state index is 13.5. The van der Waals surface area contributed by atoms with E-state index in [9.17, 15) is 13.2 Å². The average molecular weight is 465 g/mol. The van der Waals surface area contributed by atoms with E-state index in [1.165, 1.54) is 16.4 Å². The van der Waals surface area contributed by atoms with Crippen molar-refractivity contribution in [3.63, 3.8) is 0 Å². The van der Waals surface area contributed by atoms with Crippen molar-refractivity contribution in [2.24, 2.45) is 0 Å². The van der Waals surface area contributed by atoms with E-state index in [2.05, 4.69) is 5.32 Å². The number of nitrogens with zero attached hydrogens (tertiary/aromatic N) is 1. The third-order valence-electron chi connectivity index (χ3n) is 5.80. The number of ether oxygens (including phenoxy) is 2. The molecule has 0 radical (unpaired) electrons. The molecule has 1 N–H and O–H groups in total. The Hall–Kier alpha value is -3.52. The van der Waals surface area contributed by atoms with Crippen LogP contribution in [0.4, 0.5) is 11.4 Å². The summed E-state index contributed by atoms with van der Waals surface area (Å²) in [6.07, 6.45) is 1.44. The minimum Gasteiger partial charge on any atom is -0.490 e. The van der Waals surface area contributed by atoms with Crippen molar-refractivity contribution in [2.45, 2.75) is 30.7 Å². The quantitative estimate of drug-likeness (QED) is 0.624. The van der Waals surface area contributed by atoms with Crippen molar-refractivity contribution in [3.05, 3.63) is 77.9 Å². The van der Waals surface area contributed by atoms with Crippen LogP contribution in [-0.4, -0.2) is 33.6 Å². The van der Waals surface area contributed by atoms with Gasteiger partial charge in [0.05, 0.1) is 23.8 Å². The smallest absolute Gasteiger partial charge is 0.264 e. The normalized spacial score (nSPS) is 17.2. The summed E-state index contributed by atoms with van der Waals surface area (Å²) in [7, 11) is -3.83. The van der Waals surface area contributed by atoms with E-state index >= 15 is 0 Å². The van der Waals surface area contributed by atoms with Gasteiger partial charge in [0.25, 0.3) is 15.9 Å². The van der Waals surface area contributed by atoms with Gasteiger partial charge >= 0.3 is 0 Å². The Balaban J connectivity index is 1.40. The Morgan fingerprint density at radius 3 is 2.61 bits per heavy atom. The van der Waals surface area contributed by atoms with Gasteiger partial charge in [-0.2, -0.15) is 0 Å². The highest BCUT2D eigenvalue weighted by molar-refractivity contribution is 7.92. The minimum atomic E-state index is -3.83. The molecule has 0 saturated heterocycles. The van der Waals surface area contributed by atoms with Gasteiger partial charge < -0.3 is 14.8 Å². The van der Waals surface area contributed by atoms with Crippen LogP contribution in [0.15, 0.2) is 71.6 Å². The van der Waals surface area contributed by atoms with Gasteiger partial charge in [0.15, 0.2) is 11.5 Å². The van der Waals surface area contributed by atoms with Gasteiger partial charge in [-0.1, -0.05) is 24.3 Å². The molecule has 1 unspecified atom stereocenters. The molecule has 0 aliphatic carbocycles. The highest BCUT2D eigenvalue weighted by Gasteiger charge is 2.36. The fraction of sp³-hybridized carbons (Fsp3) is 0.240. The number of hydrogen-bond donors (Lipinski definition) is 1. The molecular weight excluding hydrogens is 440 g/mol. The van der Waals surface area contributed by atoms with Gasteiger partial charge in [0.1, 0.15) is 0 Å². The summed E-state index contributed by atoms with van der Waals surface area (Å²) in [4.78, 5) is 13.0. The van der Waals surface area contributed by atoms with Crippen molar-refractivity contribution in [3.8, 4) is 11.5 Å². The molecule has 5 rings (SSSR count). The van der Waals surface area contributed by atoms with Gasteiger partial charge in [0, 0.05) is 29.8 Å². The number of sulfonamides is 1. The third kappa shape index (κ3) is 4.02. The van der Waals surface area contributed by atoms with Crippen LogP contribution in [0.1, 0.15) is 29.3 Å². The minimum absolute atomic E-state index is 0.0809. The second-order valence-electron chi connectivity index (χ2n) is 8.18. The van der Waals surface area contributed by atoms with E-state index in [-0.39, 0.29) is 16.5 Å². The number of rotatable bonds is 4. The average Bonchev–Trinajstić information content (AvgIpc) is 2.99. The first-order valence-electron chi connectivity index (χ1n) is 10.9. The molecule has 170 valence electrons. The zero-order valence-electron chi connectivity index (χ0n) is 18.2. The molecule has 3 aromatic carbocycles. The number of carbonyl (C=O) groups is 1. The number of hydrogen-bond acceptors (Lipinski definition) is 5. The van der Waals surface area contributed by atoms with Crippen LogP contribution in [0.5, 0.6) is 11.5 Å². The van der Waals surface area contributed by atoms with Crippen molar-refractivity contribution in [2.75, 3.05) is 22.8 Å². The molecule has 0 saturated carbocycles. The number of fused-ring (bicyclic) bond motifs is 2. The largest absolute Gasteiger partial charge is 0.490 e. The second-order valence-corrected chi connectivity index (χ2v) is 9.99. The van der Waals surface area contributed by atoms with E-state index in [0.717, 1.165) is 12.0 Å². The highest BCUT2D eigenvalue weighted by Crippen LogP contribution is 2.37. The predicted molar refractivity (Wildman–Crippen MR) is 126 cm³/mol. The van der Waals surface area contributed by atoms with Crippen LogP contribution in [0.25, 0.3) is 0 Å². The SMILES string of the molecule is CC1Cc2ccccc2N1S(=O)(=O)c1cccc(C(=O)Nc2ccc3c(c2)OCCCO3)c1. The number of para-hydroxylation sites is 1. The zero-order chi connectivity index (χ0) is 23.0. The lowest BCUT2D eigenvalue weighted by atomic mass is 10.1. The molecule has 2 heterocycles. The Morgan fingerprint density at radius 2 is 1.76 bits per heavy atom. The first-order chi connectivity index (χ1) is 15.9. The van der Waals surface area contributed by atoms with Crippen molar-refractivity contribution in [1.29, 1.82) is 0 Å². The molecule has 8 heteroatoms. The van der Waals surface area contributed by atoms with Crippen LogP contribution in [-0.2, 0) is 16.4 Å². The molecule has 1 amide bonds. The van der Waals surface area contributed by atoms with Crippen molar-refractivity contribution >= 4 is 27.3 Å². The molecule has 33 heavy (non-hydrogen) atoms. The van der Waals surface area contributed by atoms with E-state index in [1.54, 1.807) is 30.3 Å². The Bertz CT molecular complexity index is 1320. The molecule has 0 aromatic heterocycles. The van der Waals surface area contributed by atoms with Crippen LogP contribution < -0.4 is 19.1 Å². The number of carbonyl (C=O) groups excluding carboxylic acids is 1. The summed E-state index contributed by atoms with van der Waals surface area (Å²) in [6.45, 7) is 3.01. The summed E-state index contributed by atoms with van der Waals surface area (Å²) >= 11 is 0. The van der Waals surface area contributed by atoms with E-state index in [4.69, 9.17) is 9.47 Å². The molecule has 2 aliphatic rings. The first kappa shape index (κ1) is 21.3. The van der Waals surface area contributed by atoms with Crippen molar-refractivity contribution < 1.29 is 22.7 Å². The maximum Gasteiger partial charge on any atom is 0.264 e. The van der Waals surface area contributed by atoms with Crippen LogP contribution in [0.3, 0.4) is 0 Å². The molecule has 2 aliphatic heterocycles. The molecule has 0 spiro atoms. The van der Waals surface area contributed by atoms with Gasteiger partial charge in [0.2, 0.25) is 0 Å². The molecule has 0 bridgehead atoms. The Morgan fingerprint density at radius 1 is 0.970 bits per heavy atom. The Kier molecular flexibility index (Phi) is 5.46. The van der Waals surface area contributed by atoms with E-state index in [1.807, 2.05) is 31.2 Å². The lowest BCUT2D eigenvalue weighted by molar-refractivity contribution is 0.102. The van der Waals surface area contributed by atoms with Crippen LogP contribution in [0.2, 0.25) is 0 Å². The lowest BCUT2D eigenvalue weighted by Gasteiger charge is -2.24. The molecule has 3 aromatic rings. The standard InChI is InChI=1S/C25H24N2O5S/c1-17-14-18-6-2-3-9-22(18)27(17)33(29,30)21-8-4-7-19(15-21)25(28)26-20-10-11-23-24(16-20)32-13-5-12-31-23/h2-4,6-11,15-17H,5,12-14H2,1H3,(H,26,28). The van der Waals surface area contributed by atoms with Crippen LogP contribution >= 0.6 is 0 Å². The number of nitrogens with one attached hydrogen (secondary N) is 1. The summed E-state index contributed by atoms with van der Waals surface area (Å²) in [5, 5.41) is 2.82. The fourth-order valence-corrected chi connectivity index (χ4v) is 6.00. The third-order valence-corrected chi connectivity index (χ3v) is 7.73. The van der Waals surface area contributed by atoms with Crippen LogP contribution in [0, 0.1) is 0 Å². The molecule has 0 fully saturated rings. The van der Waals surface area contributed by atoms with Gasteiger partial charge in [-0.05, 0) is 55.3 Å². The number of benzene rings is 3. The zero-order valence-corrected chi connectivity index (χ0v) is 19.0.